The minimum absolute atomic E-state index is 0.158. The van der Waals surface area contributed by atoms with Gasteiger partial charge in [-0.25, -0.2) is 0 Å². The Hall–Kier alpha value is -0.410. The van der Waals surface area contributed by atoms with E-state index in [2.05, 4.69) is 20.8 Å². The zero-order valence-corrected chi connectivity index (χ0v) is 20.1. The molecule has 0 spiro atoms. The topological polar surface area (TPSA) is 57.5 Å². The second-order valence-corrected chi connectivity index (χ2v) is 12.6. The molecule has 0 saturated heterocycles. The van der Waals surface area contributed by atoms with E-state index in [4.69, 9.17) is 0 Å². The lowest BCUT2D eigenvalue weighted by molar-refractivity contribution is -0.172. The smallest absolute Gasteiger partial charge is 0.135 e. The van der Waals surface area contributed by atoms with Gasteiger partial charge in [-0.1, -0.05) is 34.6 Å². The van der Waals surface area contributed by atoms with E-state index in [1.807, 2.05) is 13.8 Å². The SMILES string of the molecule is CC(C)C(=O)CC[C@@H](C)[C@H]1CC[C@H]2[C@@H]3C[C@H](O)[C@@H]4C[C@@H](O)CC[C@]4(C)[C@H]3CC[C@]12C. The van der Waals surface area contributed by atoms with E-state index in [1.54, 1.807) is 0 Å². The summed E-state index contributed by atoms with van der Waals surface area (Å²) in [4.78, 5) is 12.2. The average Bonchev–Trinajstić information content (AvgIpc) is 3.04. The molecule has 0 amide bonds. The maximum atomic E-state index is 12.2. The average molecular weight is 419 g/mol. The maximum Gasteiger partial charge on any atom is 0.135 e. The van der Waals surface area contributed by atoms with Gasteiger partial charge in [0.25, 0.3) is 0 Å². The number of hydrogen-bond acceptors (Lipinski definition) is 3. The molecule has 3 nitrogen and oxygen atoms in total. The Balaban J connectivity index is 1.50. The summed E-state index contributed by atoms with van der Waals surface area (Å²) < 4.78 is 0. The lowest BCUT2D eigenvalue weighted by Gasteiger charge is -2.62. The van der Waals surface area contributed by atoms with Crippen molar-refractivity contribution < 1.29 is 15.0 Å². The number of aliphatic hydroxyl groups excluding tert-OH is 2. The molecule has 0 aromatic rings. The molecule has 4 aliphatic rings. The predicted molar refractivity (Wildman–Crippen MR) is 121 cm³/mol. The van der Waals surface area contributed by atoms with E-state index in [0.29, 0.717) is 29.0 Å². The van der Waals surface area contributed by atoms with E-state index in [0.717, 1.165) is 50.4 Å². The molecule has 0 radical (unpaired) electrons. The van der Waals surface area contributed by atoms with Gasteiger partial charge in [-0.15, -0.1) is 0 Å². The second-order valence-electron chi connectivity index (χ2n) is 12.6. The minimum Gasteiger partial charge on any atom is -0.393 e. The number of ketones is 1. The van der Waals surface area contributed by atoms with E-state index in [-0.39, 0.29) is 29.5 Å². The van der Waals surface area contributed by atoms with E-state index in [9.17, 15) is 15.0 Å². The van der Waals surface area contributed by atoms with Crippen molar-refractivity contribution in [2.45, 2.75) is 111 Å². The van der Waals surface area contributed by atoms with Crippen molar-refractivity contribution >= 4 is 5.78 Å². The van der Waals surface area contributed by atoms with Crippen molar-refractivity contribution in [3.63, 3.8) is 0 Å². The Bertz CT molecular complexity index is 644. The summed E-state index contributed by atoms with van der Waals surface area (Å²) in [5.41, 5.74) is 0.578. The molecule has 30 heavy (non-hydrogen) atoms. The summed E-state index contributed by atoms with van der Waals surface area (Å²) in [6.45, 7) is 11.4. The van der Waals surface area contributed by atoms with Gasteiger partial charge in [0.2, 0.25) is 0 Å². The third-order valence-electron chi connectivity index (χ3n) is 10.9. The maximum absolute atomic E-state index is 12.2. The highest BCUT2D eigenvalue weighted by Crippen LogP contribution is 2.68. The van der Waals surface area contributed by atoms with E-state index >= 15 is 0 Å². The van der Waals surface area contributed by atoms with Crippen LogP contribution in [-0.2, 0) is 4.79 Å². The summed E-state index contributed by atoms with van der Waals surface area (Å²) in [7, 11) is 0. The highest BCUT2D eigenvalue weighted by atomic mass is 16.3. The van der Waals surface area contributed by atoms with E-state index in [1.165, 1.54) is 25.7 Å². The number of Topliss-reactive ketones (excluding diaryl/α,β-unsaturated/α-hetero) is 1. The second kappa shape index (κ2) is 8.18. The van der Waals surface area contributed by atoms with Crippen LogP contribution in [0, 0.1) is 52.3 Å². The fraction of sp³-hybridized carbons (Fsp3) is 0.963. The van der Waals surface area contributed by atoms with Crippen LogP contribution in [0.25, 0.3) is 0 Å². The van der Waals surface area contributed by atoms with Gasteiger partial charge in [0.1, 0.15) is 5.78 Å². The first kappa shape index (κ1) is 22.8. The van der Waals surface area contributed by atoms with E-state index < -0.39 is 0 Å². The largest absolute Gasteiger partial charge is 0.393 e. The van der Waals surface area contributed by atoms with Gasteiger partial charge < -0.3 is 10.2 Å². The molecule has 0 bridgehead atoms. The van der Waals surface area contributed by atoms with Crippen LogP contribution < -0.4 is 0 Å². The molecule has 0 aliphatic heterocycles. The van der Waals surface area contributed by atoms with Crippen molar-refractivity contribution in [1.82, 2.24) is 0 Å². The van der Waals surface area contributed by atoms with Crippen LogP contribution in [0.3, 0.4) is 0 Å². The molecule has 0 aromatic carbocycles. The molecule has 172 valence electrons. The van der Waals surface area contributed by atoms with Gasteiger partial charge in [0.15, 0.2) is 0 Å². The molecule has 3 heteroatoms. The highest BCUT2D eigenvalue weighted by Gasteiger charge is 2.62. The number of carbonyl (C=O) groups is 1. The summed E-state index contributed by atoms with van der Waals surface area (Å²) in [6, 6.07) is 0. The highest BCUT2D eigenvalue weighted by molar-refractivity contribution is 5.80. The zero-order chi connectivity index (χ0) is 21.8. The summed E-state index contributed by atoms with van der Waals surface area (Å²) in [5.74, 6) is 4.27. The number of aliphatic hydroxyl groups is 2. The quantitative estimate of drug-likeness (QED) is 0.609. The van der Waals surface area contributed by atoms with Crippen molar-refractivity contribution in [3.05, 3.63) is 0 Å². The standard InChI is InChI=1S/C27H46O3/c1-16(2)24(29)9-6-17(3)20-7-8-21-19-15-25(30)23-14-18(28)10-12-27(23,5)22(19)11-13-26(20,21)4/h16-23,25,28,30H,6-15H2,1-5H3/t17-,18+,19+,20-,21+,22+,23+,25+,26-,27-/m1/s1. The number of fused-ring (bicyclic) bond motifs is 5. The summed E-state index contributed by atoms with van der Waals surface area (Å²) >= 11 is 0. The van der Waals surface area contributed by atoms with Gasteiger partial charge in [-0.05, 0) is 104 Å². The molecule has 2 N–H and O–H groups in total. The van der Waals surface area contributed by atoms with Crippen LogP contribution in [0.15, 0.2) is 0 Å². The first-order valence-corrected chi connectivity index (χ1v) is 13.0. The van der Waals surface area contributed by atoms with Crippen LogP contribution in [-0.4, -0.2) is 28.2 Å². The van der Waals surface area contributed by atoms with Crippen LogP contribution in [0.2, 0.25) is 0 Å². The van der Waals surface area contributed by atoms with Crippen molar-refractivity contribution in [2.75, 3.05) is 0 Å². The first-order chi connectivity index (χ1) is 14.1. The Kier molecular flexibility index (Phi) is 6.21. The molecule has 4 aliphatic carbocycles. The summed E-state index contributed by atoms with van der Waals surface area (Å²) in [6.07, 6.45) is 10.3. The molecule has 4 fully saturated rings. The molecule has 4 saturated carbocycles. The van der Waals surface area contributed by atoms with Gasteiger partial charge in [-0.3, -0.25) is 4.79 Å². The van der Waals surface area contributed by atoms with Crippen LogP contribution >= 0.6 is 0 Å². The number of carbonyl (C=O) groups excluding carboxylic acids is 1. The normalized spacial score (nSPS) is 49.3. The van der Waals surface area contributed by atoms with Gasteiger partial charge in [0.05, 0.1) is 12.2 Å². The Labute approximate surface area is 184 Å². The van der Waals surface area contributed by atoms with Gasteiger partial charge >= 0.3 is 0 Å². The third-order valence-corrected chi connectivity index (χ3v) is 10.9. The van der Waals surface area contributed by atoms with Crippen LogP contribution in [0.4, 0.5) is 0 Å². The zero-order valence-electron chi connectivity index (χ0n) is 20.1. The molecule has 4 rings (SSSR count). The Morgan fingerprint density at radius 2 is 1.57 bits per heavy atom. The molecular formula is C27H46O3. The van der Waals surface area contributed by atoms with Gasteiger partial charge in [-0.2, -0.15) is 0 Å². The van der Waals surface area contributed by atoms with Crippen LogP contribution in [0.1, 0.15) is 98.8 Å². The van der Waals surface area contributed by atoms with Crippen molar-refractivity contribution in [3.8, 4) is 0 Å². The molecular weight excluding hydrogens is 372 g/mol. The molecule has 0 aromatic heterocycles. The predicted octanol–water partition coefficient (Wildman–Crippen LogP) is 5.62. The monoisotopic (exact) mass is 418 g/mol. The Morgan fingerprint density at radius 1 is 0.900 bits per heavy atom. The fourth-order valence-corrected chi connectivity index (χ4v) is 9.11. The molecule has 10 atom stereocenters. The number of rotatable bonds is 5. The lowest BCUT2D eigenvalue weighted by atomic mass is 9.44. The summed E-state index contributed by atoms with van der Waals surface area (Å²) in [5, 5.41) is 21.4. The Morgan fingerprint density at radius 3 is 2.27 bits per heavy atom. The first-order valence-electron chi connectivity index (χ1n) is 13.0. The molecule has 0 heterocycles. The number of hydrogen-bond donors (Lipinski definition) is 2. The van der Waals surface area contributed by atoms with Crippen molar-refractivity contribution in [1.29, 1.82) is 0 Å². The van der Waals surface area contributed by atoms with Gasteiger partial charge in [0, 0.05) is 12.3 Å². The minimum atomic E-state index is -0.242. The fourth-order valence-electron chi connectivity index (χ4n) is 9.11. The lowest BCUT2D eigenvalue weighted by Crippen LogP contribution is -2.58. The van der Waals surface area contributed by atoms with Crippen LogP contribution in [0.5, 0.6) is 0 Å². The van der Waals surface area contributed by atoms with Crippen molar-refractivity contribution in [2.24, 2.45) is 52.3 Å². The molecule has 0 unspecified atom stereocenters. The third kappa shape index (κ3) is 3.60.